The van der Waals surface area contributed by atoms with Crippen LogP contribution in [0, 0.1) is 17.6 Å². The summed E-state index contributed by atoms with van der Waals surface area (Å²) in [5, 5.41) is 2.35. The molecule has 2 unspecified atom stereocenters. The Balaban J connectivity index is 1.57. The molecule has 1 aliphatic rings. The molecule has 0 aromatic heterocycles. The highest BCUT2D eigenvalue weighted by Crippen LogP contribution is 3.02. The van der Waals surface area contributed by atoms with Crippen LogP contribution in [0.25, 0.3) is 0 Å². The van der Waals surface area contributed by atoms with Gasteiger partial charge in [-0.15, -0.1) is 23.2 Å². The van der Waals surface area contributed by atoms with Crippen LogP contribution in [0.3, 0.4) is 0 Å². The molecule has 4 nitrogen and oxygen atoms in total. The van der Waals surface area contributed by atoms with Crippen molar-refractivity contribution >= 4 is 84.0 Å². The third-order valence-electron chi connectivity index (χ3n) is 6.13. The molecule has 1 fully saturated rings. The standard InChI is InChI=1S/C24H15BrCl3F7N2O2S/c25-12-5-11(6-14(8-12)40(31,32,33,34)35)19-20(24(19,27)28)23(39)37-13-2-3-16(26)15(9-13)18(38)7-10-1-4-17(29)22(36)21(10)30/h1-6,8-9,19-20H,7,36H2,(H,37,39). The average Bonchev–Trinajstić information content (AvgIpc) is 3.40. The minimum atomic E-state index is -10.1. The zero-order chi connectivity index (χ0) is 30.1. The number of halogens is 11. The van der Waals surface area contributed by atoms with Gasteiger partial charge in [-0.3, -0.25) is 9.59 Å². The maximum absolute atomic E-state index is 14.3. The van der Waals surface area contributed by atoms with Crippen LogP contribution in [-0.2, 0) is 11.2 Å². The van der Waals surface area contributed by atoms with E-state index in [1.807, 2.05) is 0 Å². The first-order chi connectivity index (χ1) is 18.1. The summed E-state index contributed by atoms with van der Waals surface area (Å²) in [7, 11) is -10.1. The number of carbonyl (C=O) groups is 2. The van der Waals surface area contributed by atoms with Gasteiger partial charge in [0, 0.05) is 28.1 Å². The van der Waals surface area contributed by atoms with Crippen molar-refractivity contribution in [1.82, 2.24) is 0 Å². The summed E-state index contributed by atoms with van der Waals surface area (Å²) < 4.78 is 92.5. The fourth-order valence-corrected chi connectivity index (χ4v) is 6.53. The molecule has 1 aliphatic carbocycles. The van der Waals surface area contributed by atoms with Gasteiger partial charge in [0.15, 0.2) is 11.6 Å². The van der Waals surface area contributed by atoms with Gasteiger partial charge in [-0.1, -0.05) is 53.0 Å². The van der Waals surface area contributed by atoms with Crippen LogP contribution < -0.4 is 11.1 Å². The van der Waals surface area contributed by atoms with E-state index in [0.29, 0.717) is 0 Å². The first-order valence-electron chi connectivity index (χ1n) is 10.9. The van der Waals surface area contributed by atoms with Crippen LogP contribution in [0.1, 0.15) is 27.4 Å². The van der Waals surface area contributed by atoms with E-state index < -0.39 is 66.7 Å². The van der Waals surface area contributed by atoms with Crippen LogP contribution >= 0.6 is 61.0 Å². The number of hydrogen-bond acceptors (Lipinski definition) is 3. The molecule has 0 heterocycles. The Kier molecular flexibility index (Phi) is 7.24. The van der Waals surface area contributed by atoms with Gasteiger partial charge in [-0.05, 0) is 53.6 Å². The predicted octanol–water partition coefficient (Wildman–Crippen LogP) is 9.57. The van der Waals surface area contributed by atoms with Crippen LogP contribution in [0.15, 0.2) is 57.9 Å². The van der Waals surface area contributed by atoms with Crippen LogP contribution in [0.5, 0.6) is 0 Å². The fraction of sp³-hybridized carbons (Fsp3) is 0.167. The van der Waals surface area contributed by atoms with Gasteiger partial charge in [-0.2, -0.15) is 0 Å². The van der Waals surface area contributed by atoms with Crippen molar-refractivity contribution in [2.75, 3.05) is 11.1 Å². The van der Waals surface area contributed by atoms with E-state index in [0.717, 1.165) is 24.3 Å². The van der Waals surface area contributed by atoms with Gasteiger partial charge >= 0.3 is 10.2 Å². The lowest BCUT2D eigenvalue weighted by Gasteiger charge is -2.40. The fourth-order valence-electron chi connectivity index (χ4n) is 4.11. The molecule has 3 N–H and O–H groups in total. The number of anilines is 2. The molecule has 0 bridgehead atoms. The molecule has 1 saturated carbocycles. The molecule has 0 spiro atoms. The molecule has 2 atom stereocenters. The van der Waals surface area contributed by atoms with Crippen molar-refractivity contribution in [1.29, 1.82) is 0 Å². The lowest BCUT2D eigenvalue weighted by molar-refractivity contribution is -0.117. The number of nitrogens with one attached hydrogen (secondary N) is 1. The van der Waals surface area contributed by atoms with E-state index in [1.165, 1.54) is 12.1 Å². The number of ketones is 1. The molecule has 216 valence electrons. The lowest BCUT2D eigenvalue weighted by atomic mass is 10.0. The maximum atomic E-state index is 14.3. The second-order valence-electron chi connectivity index (χ2n) is 9.04. The lowest BCUT2D eigenvalue weighted by Crippen LogP contribution is -2.17. The van der Waals surface area contributed by atoms with Gasteiger partial charge in [0.1, 0.15) is 20.7 Å². The summed E-state index contributed by atoms with van der Waals surface area (Å²) in [6.45, 7) is 0. The molecular formula is C24H15BrCl3F7N2O2S. The largest absolute Gasteiger partial charge is 0.394 e. The zero-order valence-corrected chi connectivity index (χ0v) is 24.1. The average molecular weight is 715 g/mol. The number of Topliss-reactive ketones (excluding diaryl/α,β-unsaturated/α-hetero) is 1. The molecule has 0 radical (unpaired) electrons. The first-order valence-corrected chi connectivity index (χ1v) is 14.8. The Morgan fingerprint density at radius 2 is 1.65 bits per heavy atom. The van der Waals surface area contributed by atoms with E-state index >= 15 is 0 Å². The van der Waals surface area contributed by atoms with Gasteiger partial charge in [0.2, 0.25) is 5.91 Å². The smallest absolute Gasteiger partial charge is 0.310 e. The number of benzene rings is 3. The quantitative estimate of drug-likeness (QED) is 0.111. The molecule has 40 heavy (non-hydrogen) atoms. The Hall–Kier alpha value is -2.19. The summed E-state index contributed by atoms with van der Waals surface area (Å²) in [6.07, 6.45) is -0.554. The van der Waals surface area contributed by atoms with Gasteiger partial charge in [0.25, 0.3) is 0 Å². The Bertz CT molecular complexity index is 1590. The highest BCUT2D eigenvalue weighted by molar-refractivity contribution is 9.10. The molecule has 16 heteroatoms. The molecule has 0 aliphatic heterocycles. The molecule has 4 rings (SSSR count). The molecular weight excluding hydrogens is 700 g/mol. The van der Waals surface area contributed by atoms with Crippen molar-refractivity contribution < 1.29 is 37.8 Å². The number of nitrogens with two attached hydrogens (primary N) is 1. The second-order valence-corrected chi connectivity index (χ2v) is 14.2. The Morgan fingerprint density at radius 3 is 2.27 bits per heavy atom. The minimum Gasteiger partial charge on any atom is -0.394 e. The number of hydrogen-bond donors (Lipinski definition) is 2. The van der Waals surface area contributed by atoms with Crippen molar-refractivity contribution in [3.63, 3.8) is 0 Å². The van der Waals surface area contributed by atoms with E-state index in [4.69, 9.17) is 40.5 Å². The van der Waals surface area contributed by atoms with E-state index in [-0.39, 0.29) is 44.0 Å². The van der Waals surface area contributed by atoms with Gasteiger partial charge in [0.05, 0.1) is 10.9 Å². The Morgan fingerprint density at radius 1 is 1.00 bits per heavy atom. The normalized spacial score (nSPS) is 19.9. The van der Waals surface area contributed by atoms with Crippen molar-refractivity contribution in [3.05, 3.63) is 86.4 Å². The van der Waals surface area contributed by atoms with Crippen LogP contribution in [-0.4, -0.2) is 16.0 Å². The van der Waals surface area contributed by atoms with Crippen LogP contribution in [0.4, 0.5) is 39.6 Å². The number of rotatable bonds is 7. The van der Waals surface area contributed by atoms with Crippen LogP contribution in [0.2, 0.25) is 5.02 Å². The third kappa shape index (κ3) is 6.18. The van der Waals surface area contributed by atoms with E-state index in [2.05, 4.69) is 21.2 Å². The summed E-state index contributed by atoms with van der Waals surface area (Å²) in [5.41, 5.74) is 3.84. The maximum Gasteiger partial charge on any atom is 0.310 e. The molecule has 0 saturated heterocycles. The van der Waals surface area contributed by atoms with Crippen molar-refractivity contribution in [2.24, 2.45) is 5.92 Å². The number of amides is 1. The molecule has 1 amide bonds. The van der Waals surface area contributed by atoms with Crippen molar-refractivity contribution in [2.45, 2.75) is 21.6 Å². The summed E-state index contributed by atoms with van der Waals surface area (Å²) in [5.74, 6) is -6.36. The molecule has 3 aromatic carbocycles. The van der Waals surface area contributed by atoms with E-state index in [9.17, 15) is 37.8 Å². The SMILES string of the molecule is Nc1c(F)ccc(CC(=O)c2cc(NC(=O)C3C(c4cc(Br)cc(S(F)(F)(F)(F)F)c4)C3(Cl)Cl)ccc2Cl)c1F. The summed E-state index contributed by atoms with van der Waals surface area (Å²) >= 11 is 21.2. The molecule has 3 aromatic rings. The van der Waals surface area contributed by atoms with Gasteiger partial charge in [-0.25, -0.2) is 8.78 Å². The Labute approximate surface area is 245 Å². The highest BCUT2D eigenvalue weighted by atomic mass is 79.9. The first kappa shape index (κ1) is 30.8. The second kappa shape index (κ2) is 9.41. The van der Waals surface area contributed by atoms with Gasteiger partial charge < -0.3 is 11.1 Å². The topological polar surface area (TPSA) is 72.2 Å². The third-order valence-corrected chi connectivity index (χ3v) is 8.98. The number of nitrogen functional groups attached to an aromatic ring is 1. The highest BCUT2D eigenvalue weighted by Gasteiger charge is 2.69. The number of alkyl halides is 2. The summed E-state index contributed by atoms with van der Waals surface area (Å²) in [4.78, 5) is 23.6. The zero-order valence-electron chi connectivity index (χ0n) is 19.4. The minimum absolute atomic E-state index is 0.00596. The van der Waals surface area contributed by atoms with E-state index in [1.54, 1.807) is 0 Å². The summed E-state index contributed by atoms with van der Waals surface area (Å²) in [6, 6.07) is 7.12. The van der Waals surface area contributed by atoms with Crippen molar-refractivity contribution in [3.8, 4) is 0 Å². The monoisotopic (exact) mass is 712 g/mol. The predicted molar refractivity (Wildman–Crippen MR) is 145 cm³/mol. The number of carbonyl (C=O) groups excluding carboxylic acids is 2.